The number of aliphatic imine (C=N–C) groups is 1. The number of allylic oxidation sites excluding steroid dienone is 2. The predicted octanol–water partition coefficient (Wildman–Crippen LogP) is 7.28. The van der Waals surface area contributed by atoms with Crippen molar-refractivity contribution < 1.29 is 17.9 Å². The van der Waals surface area contributed by atoms with Gasteiger partial charge in [0.25, 0.3) is 15.9 Å². The summed E-state index contributed by atoms with van der Waals surface area (Å²) in [5.74, 6) is -0.181. The number of anilines is 1. The van der Waals surface area contributed by atoms with Gasteiger partial charge >= 0.3 is 0 Å². The number of hydrogen-bond donors (Lipinski definition) is 1. The molecule has 3 aromatic rings. The van der Waals surface area contributed by atoms with E-state index in [0.717, 1.165) is 16.7 Å². The minimum atomic E-state index is -4.17. The van der Waals surface area contributed by atoms with Gasteiger partial charge in [0.05, 0.1) is 23.0 Å². The maximum Gasteiger partial charge on any atom is 0.264 e. The van der Waals surface area contributed by atoms with Crippen LogP contribution in [-0.2, 0) is 10.0 Å². The first-order valence-electron chi connectivity index (χ1n) is 16.6. The van der Waals surface area contributed by atoms with E-state index in [2.05, 4.69) is 60.0 Å². The molecular weight excluding hydrogens is 637 g/mol. The van der Waals surface area contributed by atoms with Crippen molar-refractivity contribution >= 4 is 28.2 Å². The molecule has 0 saturated carbocycles. The highest BCUT2D eigenvalue weighted by atomic mass is 32.2. The van der Waals surface area contributed by atoms with Crippen molar-refractivity contribution in [3.63, 3.8) is 0 Å². The van der Waals surface area contributed by atoms with Crippen LogP contribution in [0.15, 0.2) is 83.3 Å². The van der Waals surface area contributed by atoms with Crippen LogP contribution in [-0.4, -0.2) is 72.7 Å². The average Bonchev–Trinajstić information content (AvgIpc) is 3.04. The van der Waals surface area contributed by atoms with E-state index in [4.69, 9.17) is 4.74 Å². The van der Waals surface area contributed by atoms with Gasteiger partial charge in [0.2, 0.25) is 11.8 Å². The SMILES string of the molecule is C=C/N=C\N(C)C(C)[C@H](C/C=C\C)CN1C(=O)c2cccc(c2)S(=O)(=O)Nc2nc(cc(-c3c(C)cccc3C)n2)OC[C@H]1CC(C)(C)C. The molecule has 4 rings (SSSR count). The maximum absolute atomic E-state index is 14.7. The minimum Gasteiger partial charge on any atom is -0.475 e. The Morgan fingerprint density at radius 3 is 2.49 bits per heavy atom. The molecule has 11 heteroatoms. The molecule has 0 fully saturated rings. The third kappa shape index (κ3) is 9.56. The minimum absolute atomic E-state index is 0.00515. The largest absolute Gasteiger partial charge is 0.475 e. The Kier molecular flexibility index (Phi) is 12.0. The highest BCUT2D eigenvalue weighted by molar-refractivity contribution is 7.92. The molecule has 1 amide bonds. The van der Waals surface area contributed by atoms with Gasteiger partial charge in [-0.3, -0.25) is 4.79 Å². The van der Waals surface area contributed by atoms with E-state index < -0.39 is 10.0 Å². The van der Waals surface area contributed by atoms with E-state index in [1.54, 1.807) is 24.5 Å². The van der Waals surface area contributed by atoms with Crippen LogP contribution in [0.1, 0.15) is 68.9 Å². The van der Waals surface area contributed by atoms with E-state index in [9.17, 15) is 13.2 Å². The summed E-state index contributed by atoms with van der Waals surface area (Å²) < 4.78 is 36.5. The molecule has 2 aromatic carbocycles. The van der Waals surface area contributed by atoms with Crippen LogP contribution >= 0.6 is 0 Å². The second-order valence-electron chi connectivity index (χ2n) is 13.9. The smallest absolute Gasteiger partial charge is 0.264 e. The lowest BCUT2D eigenvalue weighted by Crippen LogP contribution is -2.50. The van der Waals surface area contributed by atoms with Crippen molar-refractivity contribution in [3.05, 3.63) is 90.2 Å². The van der Waals surface area contributed by atoms with E-state index in [1.807, 2.05) is 61.9 Å². The number of aryl methyl sites for hydroxylation is 2. The molecule has 2 heterocycles. The van der Waals surface area contributed by atoms with Gasteiger partial charge in [0, 0.05) is 48.9 Å². The molecular formula is C38H50N6O4S. The van der Waals surface area contributed by atoms with Gasteiger partial charge in [-0.2, -0.15) is 4.98 Å². The topological polar surface area (TPSA) is 117 Å². The van der Waals surface area contributed by atoms with Crippen molar-refractivity contribution in [2.24, 2.45) is 16.3 Å². The van der Waals surface area contributed by atoms with E-state index in [0.29, 0.717) is 25.1 Å². The van der Waals surface area contributed by atoms with E-state index in [-0.39, 0.29) is 58.2 Å². The lowest BCUT2D eigenvalue weighted by molar-refractivity contribution is 0.0452. The number of rotatable bonds is 10. The van der Waals surface area contributed by atoms with Crippen LogP contribution in [0.25, 0.3) is 11.3 Å². The molecule has 10 nitrogen and oxygen atoms in total. The molecule has 49 heavy (non-hydrogen) atoms. The second kappa shape index (κ2) is 15.8. The lowest BCUT2D eigenvalue weighted by atomic mass is 9.86. The number of benzene rings is 2. The molecule has 3 atom stereocenters. The van der Waals surface area contributed by atoms with Crippen LogP contribution in [0.2, 0.25) is 0 Å². The average molecular weight is 687 g/mol. The Morgan fingerprint density at radius 2 is 1.84 bits per heavy atom. The predicted molar refractivity (Wildman–Crippen MR) is 197 cm³/mol. The molecule has 1 aliphatic heterocycles. The third-order valence-corrected chi connectivity index (χ3v) is 10.1. The Morgan fingerprint density at radius 1 is 1.14 bits per heavy atom. The number of fused-ring (bicyclic) bond motifs is 4. The summed E-state index contributed by atoms with van der Waals surface area (Å²) in [4.78, 5) is 31.8. The first kappa shape index (κ1) is 37.3. The summed E-state index contributed by atoms with van der Waals surface area (Å²) in [5, 5.41) is 0. The number of sulfonamides is 1. The molecule has 1 unspecified atom stereocenters. The normalized spacial score (nSPS) is 17.8. The zero-order valence-corrected chi connectivity index (χ0v) is 30.8. The maximum atomic E-state index is 14.7. The highest BCUT2D eigenvalue weighted by Gasteiger charge is 2.34. The summed E-state index contributed by atoms with van der Waals surface area (Å²) in [7, 11) is -2.21. The molecule has 0 radical (unpaired) electrons. The monoisotopic (exact) mass is 686 g/mol. The number of nitrogens with one attached hydrogen (secondary N) is 1. The van der Waals surface area contributed by atoms with Crippen LogP contribution in [0.3, 0.4) is 0 Å². The molecule has 0 aliphatic carbocycles. The zero-order chi connectivity index (χ0) is 35.9. The molecule has 0 spiro atoms. The van der Waals surface area contributed by atoms with Crippen molar-refractivity contribution in [3.8, 4) is 17.1 Å². The number of nitrogens with zero attached hydrogens (tertiary/aromatic N) is 5. The first-order valence-corrected chi connectivity index (χ1v) is 18.1. The lowest BCUT2D eigenvalue weighted by Gasteiger charge is -2.40. The van der Waals surface area contributed by atoms with Gasteiger partial charge in [0.15, 0.2) is 0 Å². The van der Waals surface area contributed by atoms with Crippen molar-refractivity contribution in [1.29, 1.82) is 0 Å². The van der Waals surface area contributed by atoms with Crippen LogP contribution in [0, 0.1) is 25.2 Å². The Balaban J connectivity index is 1.90. The summed E-state index contributed by atoms with van der Waals surface area (Å²) >= 11 is 0. The number of amides is 1. The van der Waals surface area contributed by atoms with Gasteiger partial charge < -0.3 is 14.5 Å². The van der Waals surface area contributed by atoms with Crippen LogP contribution < -0.4 is 9.46 Å². The van der Waals surface area contributed by atoms with Gasteiger partial charge in [-0.1, -0.05) is 63.8 Å². The zero-order valence-electron chi connectivity index (χ0n) is 30.0. The Bertz CT molecular complexity index is 1790. The number of aromatic nitrogens is 2. The van der Waals surface area contributed by atoms with Gasteiger partial charge in [-0.15, -0.1) is 0 Å². The fraction of sp³-hybridized carbons (Fsp3) is 0.421. The molecule has 1 aromatic heterocycles. The molecule has 1 N–H and O–H groups in total. The summed E-state index contributed by atoms with van der Waals surface area (Å²) in [6.45, 7) is 18.7. The number of ether oxygens (including phenoxy) is 1. The highest BCUT2D eigenvalue weighted by Crippen LogP contribution is 2.32. The molecule has 1 aliphatic rings. The summed E-state index contributed by atoms with van der Waals surface area (Å²) in [6, 6.07) is 13.4. The van der Waals surface area contributed by atoms with E-state index in [1.165, 1.54) is 18.3 Å². The van der Waals surface area contributed by atoms with Gasteiger partial charge in [-0.25, -0.2) is 23.1 Å². The van der Waals surface area contributed by atoms with Crippen LogP contribution in [0.4, 0.5) is 5.95 Å². The number of carbonyl (C=O) groups is 1. The first-order chi connectivity index (χ1) is 23.1. The second-order valence-corrected chi connectivity index (χ2v) is 15.6. The fourth-order valence-corrected chi connectivity index (χ4v) is 7.14. The van der Waals surface area contributed by atoms with Crippen LogP contribution in [0.5, 0.6) is 5.88 Å². The van der Waals surface area contributed by atoms with Crippen molar-refractivity contribution in [2.45, 2.75) is 78.3 Å². The van der Waals surface area contributed by atoms with Gasteiger partial charge in [0.1, 0.15) is 6.61 Å². The third-order valence-electron chi connectivity index (χ3n) is 8.81. The standard InChI is InChI=1S/C38H50N6O4S/c1-10-12-17-30(28(5)43(9)25-39-11-2)23-44-31(22-38(6,7)8)24-48-34-21-33(35-26(3)15-13-16-27(35)4)40-37(41-34)42-49(46,47)32-19-14-18-29(20-32)36(44)45/h10-16,18-21,25,28,30-31H,2,17,22-24H2,1,3-9H3,(H,40,41,42)/b12-10-,39-25-/t28?,30-,31-/m1/s1. The van der Waals surface area contributed by atoms with Gasteiger partial charge in [-0.05, 0) is 75.3 Å². The number of carbonyl (C=O) groups excluding carboxylic acids is 1. The molecule has 4 bridgehead atoms. The molecule has 0 saturated heterocycles. The summed E-state index contributed by atoms with van der Waals surface area (Å²) in [5.41, 5.74) is 3.46. The Labute approximate surface area is 292 Å². The van der Waals surface area contributed by atoms with Crippen molar-refractivity contribution in [1.82, 2.24) is 19.8 Å². The molecule has 262 valence electrons. The summed E-state index contributed by atoms with van der Waals surface area (Å²) in [6.07, 6.45) is 8.68. The fourth-order valence-electron chi connectivity index (χ4n) is 6.16. The quantitative estimate of drug-likeness (QED) is 0.135. The van der Waals surface area contributed by atoms with Crippen molar-refractivity contribution in [2.75, 3.05) is 24.9 Å². The number of hydrogen-bond acceptors (Lipinski definition) is 7. The van der Waals surface area contributed by atoms with E-state index >= 15 is 0 Å². The Hall–Kier alpha value is -4.51.